The van der Waals surface area contributed by atoms with Gasteiger partial charge in [-0.15, -0.1) is 11.8 Å². The van der Waals surface area contributed by atoms with E-state index in [0.717, 1.165) is 20.6 Å². The molecule has 0 fully saturated rings. The predicted octanol–water partition coefficient (Wildman–Crippen LogP) is 2.06. The number of benzene rings is 1. The molecule has 1 aliphatic rings. The molecule has 2 rings (SSSR count). The monoisotopic (exact) mass is 344 g/mol. The molecule has 19 heavy (non-hydrogen) atoms. The average Bonchev–Trinajstić information content (AvgIpc) is 2.65. The van der Waals surface area contributed by atoms with Crippen LogP contribution in [0.2, 0.25) is 0 Å². The van der Waals surface area contributed by atoms with Gasteiger partial charge >= 0.3 is 5.97 Å². The quantitative estimate of drug-likeness (QED) is 0.645. The third-order valence-corrected chi connectivity index (χ3v) is 4.75. The van der Waals surface area contributed by atoms with Crippen LogP contribution < -0.4 is 11.1 Å². The van der Waals surface area contributed by atoms with Crippen LogP contribution >= 0.6 is 27.7 Å². The summed E-state index contributed by atoms with van der Waals surface area (Å²) < 4.78 is 5.45. The topological polar surface area (TPSA) is 81.4 Å². The van der Waals surface area contributed by atoms with Crippen molar-refractivity contribution in [3.8, 4) is 0 Å². The van der Waals surface area contributed by atoms with E-state index in [0.29, 0.717) is 12.2 Å². The molecule has 0 aliphatic carbocycles. The molecule has 1 unspecified atom stereocenters. The lowest BCUT2D eigenvalue weighted by atomic mass is 10.1. The van der Waals surface area contributed by atoms with Gasteiger partial charge in [-0.3, -0.25) is 9.59 Å². The minimum atomic E-state index is -0.611. The van der Waals surface area contributed by atoms with Crippen LogP contribution in [0.15, 0.2) is 21.5 Å². The van der Waals surface area contributed by atoms with Crippen LogP contribution in [-0.4, -0.2) is 24.7 Å². The largest absolute Gasteiger partial charge is 0.469 e. The van der Waals surface area contributed by atoms with Gasteiger partial charge in [-0.25, -0.2) is 0 Å². The fourth-order valence-electron chi connectivity index (χ4n) is 1.74. The number of nitrogens with two attached hydrogens (primary N) is 1. The van der Waals surface area contributed by atoms with Crippen LogP contribution in [0.1, 0.15) is 18.0 Å². The number of ether oxygens (including phenoxy) is 1. The summed E-state index contributed by atoms with van der Waals surface area (Å²) in [5.41, 5.74) is 7.29. The van der Waals surface area contributed by atoms with Crippen molar-refractivity contribution < 1.29 is 14.3 Å². The molecule has 0 radical (unpaired) electrons. The van der Waals surface area contributed by atoms with Crippen molar-refractivity contribution in [2.45, 2.75) is 17.4 Å². The molecule has 102 valence electrons. The summed E-state index contributed by atoms with van der Waals surface area (Å²) >= 11 is 4.97. The number of hydrogen-bond acceptors (Lipinski definition) is 5. The van der Waals surface area contributed by atoms with Crippen molar-refractivity contribution in [1.29, 1.82) is 0 Å². The van der Waals surface area contributed by atoms with Crippen LogP contribution in [-0.2, 0) is 14.3 Å². The fourth-order valence-corrected chi connectivity index (χ4v) is 3.33. The molecule has 0 saturated heterocycles. The van der Waals surface area contributed by atoms with Crippen molar-refractivity contribution in [3.63, 3.8) is 0 Å². The molecular weight excluding hydrogens is 332 g/mol. The SMILES string of the molecule is COC(=O)CCSc1cc2c(cc1Br)C(N)C(=O)N2. The van der Waals surface area contributed by atoms with Crippen molar-refractivity contribution in [1.82, 2.24) is 0 Å². The number of hydrogen-bond donors (Lipinski definition) is 2. The maximum absolute atomic E-state index is 11.5. The summed E-state index contributed by atoms with van der Waals surface area (Å²) in [5.74, 6) is 0.183. The maximum Gasteiger partial charge on any atom is 0.306 e. The number of anilines is 1. The molecule has 0 bridgehead atoms. The molecule has 7 heteroatoms. The predicted molar refractivity (Wildman–Crippen MR) is 77.1 cm³/mol. The molecule has 1 amide bonds. The summed E-state index contributed by atoms with van der Waals surface area (Å²) in [4.78, 5) is 23.5. The number of rotatable bonds is 4. The molecule has 0 saturated carbocycles. The highest BCUT2D eigenvalue weighted by Crippen LogP contribution is 2.38. The van der Waals surface area contributed by atoms with Crippen LogP contribution in [0.3, 0.4) is 0 Å². The Morgan fingerprint density at radius 1 is 1.58 bits per heavy atom. The third-order valence-electron chi connectivity index (χ3n) is 2.77. The fraction of sp³-hybridized carbons (Fsp3) is 0.333. The molecular formula is C12H13BrN2O3S. The van der Waals surface area contributed by atoms with Gasteiger partial charge in [0.05, 0.1) is 13.5 Å². The molecule has 0 spiro atoms. The van der Waals surface area contributed by atoms with E-state index in [2.05, 4.69) is 26.0 Å². The van der Waals surface area contributed by atoms with E-state index in [-0.39, 0.29) is 11.9 Å². The Kier molecular flexibility index (Phi) is 4.49. The Balaban J connectivity index is 2.09. The minimum absolute atomic E-state index is 0.196. The smallest absolute Gasteiger partial charge is 0.306 e. The molecule has 1 aromatic carbocycles. The average molecular weight is 345 g/mol. The number of fused-ring (bicyclic) bond motifs is 1. The lowest BCUT2D eigenvalue weighted by Crippen LogP contribution is -2.19. The molecule has 1 aromatic rings. The van der Waals surface area contributed by atoms with Crippen LogP contribution in [0, 0.1) is 0 Å². The highest BCUT2D eigenvalue weighted by molar-refractivity contribution is 9.10. The normalized spacial score (nSPS) is 17.0. The molecule has 1 aliphatic heterocycles. The van der Waals surface area contributed by atoms with E-state index in [1.165, 1.54) is 18.9 Å². The zero-order valence-electron chi connectivity index (χ0n) is 10.2. The second-order valence-corrected chi connectivity index (χ2v) is 6.00. The van der Waals surface area contributed by atoms with E-state index < -0.39 is 6.04 Å². The Morgan fingerprint density at radius 2 is 2.32 bits per heavy atom. The van der Waals surface area contributed by atoms with Gasteiger partial charge in [0.2, 0.25) is 5.91 Å². The molecule has 5 nitrogen and oxygen atoms in total. The summed E-state index contributed by atoms with van der Waals surface area (Å²) in [5, 5.41) is 2.74. The molecule has 1 atom stereocenters. The number of amides is 1. The Labute approximate surface area is 123 Å². The van der Waals surface area contributed by atoms with E-state index in [1.807, 2.05) is 12.1 Å². The summed E-state index contributed by atoms with van der Waals surface area (Å²) in [6, 6.07) is 3.10. The van der Waals surface area contributed by atoms with Gasteiger partial charge in [-0.05, 0) is 28.1 Å². The van der Waals surface area contributed by atoms with Gasteiger partial charge in [0, 0.05) is 26.4 Å². The van der Waals surface area contributed by atoms with Gasteiger partial charge in [-0.1, -0.05) is 0 Å². The van der Waals surface area contributed by atoms with Crippen LogP contribution in [0.25, 0.3) is 0 Å². The second-order valence-electron chi connectivity index (χ2n) is 4.01. The standard InChI is InChI=1S/C12H13BrN2O3S/c1-18-10(16)2-3-19-9-5-8-6(4-7(9)13)11(14)12(17)15-8/h4-5,11H,2-3,14H2,1H3,(H,15,17). The Hall–Kier alpha value is -1.05. The first-order valence-electron chi connectivity index (χ1n) is 5.62. The zero-order valence-corrected chi connectivity index (χ0v) is 12.6. The molecule has 0 aromatic heterocycles. The first-order chi connectivity index (χ1) is 9.02. The first kappa shape index (κ1) is 14.4. The highest BCUT2D eigenvalue weighted by Gasteiger charge is 2.28. The van der Waals surface area contributed by atoms with Crippen LogP contribution in [0.4, 0.5) is 5.69 Å². The molecule has 1 heterocycles. The van der Waals surface area contributed by atoms with Crippen molar-refractivity contribution in [2.75, 3.05) is 18.2 Å². The summed E-state index contributed by atoms with van der Waals surface area (Å²) in [6.45, 7) is 0. The van der Waals surface area contributed by atoms with E-state index in [9.17, 15) is 9.59 Å². The van der Waals surface area contributed by atoms with E-state index in [4.69, 9.17) is 5.73 Å². The van der Waals surface area contributed by atoms with Crippen molar-refractivity contribution >= 4 is 45.3 Å². The van der Waals surface area contributed by atoms with Gasteiger partial charge in [-0.2, -0.15) is 0 Å². The van der Waals surface area contributed by atoms with Gasteiger partial charge < -0.3 is 15.8 Å². The first-order valence-corrected chi connectivity index (χ1v) is 7.40. The van der Waals surface area contributed by atoms with Crippen molar-refractivity contribution in [2.24, 2.45) is 5.73 Å². The van der Waals surface area contributed by atoms with Gasteiger partial charge in [0.25, 0.3) is 0 Å². The number of thioether (sulfide) groups is 1. The Morgan fingerprint density at radius 3 is 3.00 bits per heavy atom. The van der Waals surface area contributed by atoms with Crippen molar-refractivity contribution in [3.05, 3.63) is 22.2 Å². The number of carbonyl (C=O) groups is 2. The summed E-state index contributed by atoms with van der Waals surface area (Å²) in [7, 11) is 1.37. The maximum atomic E-state index is 11.5. The van der Waals surface area contributed by atoms with Gasteiger partial charge in [0.1, 0.15) is 6.04 Å². The zero-order chi connectivity index (χ0) is 14.0. The number of methoxy groups -OCH3 is 1. The Bertz CT molecular complexity index is 536. The summed E-state index contributed by atoms with van der Waals surface area (Å²) in [6.07, 6.45) is 0.344. The lowest BCUT2D eigenvalue weighted by Gasteiger charge is -2.08. The third kappa shape index (κ3) is 3.10. The minimum Gasteiger partial charge on any atom is -0.469 e. The number of halogens is 1. The lowest BCUT2D eigenvalue weighted by molar-refractivity contribution is -0.140. The number of nitrogens with one attached hydrogen (secondary N) is 1. The van der Waals surface area contributed by atoms with Gasteiger partial charge in [0.15, 0.2) is 0 Å². The highest BCUT2D eigenvalue weighted by atomic mass is 79.9. The number of carbonyl (C=O) groups excluding carboxylic acids is 2. The molecule has 3 N–H and O–H groups in total. The van der Waals surface area contributed by atoms with Crippen LogP contribution in [0.5, 0.6) is 0 Å². The number of esters is 1. The van der Waals surface area contributed by atoms with E-state index >= 15 is 0 Å². The van der Waals surface area contributed by atoms with E-state index in [1.54, 1.807) is 0 Å². The second kappa shape index (κ2) is 5.94.